The lowest BCUT2D eigenvalue weighted by atomic mass is 9.95. The van der Waals surface area contributed by atoms with Gasteiger partial charge in [0.15, 0.2) is 0 Å². The third kappa shape index (κ3) is 1.39. The molecule has 0 fully saturated rings. The largest absolute Gasteiger partial charge is 0.301 e. The van der Waals surface area contributed by atoms with Crippen molar-refractivity contribution in [3.63, 3.8) is 0 Å². The molecule has 0 radical (unpaired) electrons. The first-order valence-electron chi connectivity index (χ1n) is 4.24. The Labute approximate surface area is 75.9 Å². The summed E-state index contributed by atoms with van der Waals surface area (Å²) in [5, 5.41) is 4.72. The Balaban J connectivity index is 2.68. The predicted octanol–water partition coefficient (Wildman–Crippen LogP) is 2.35. The van der Waals surface area contributed by atoms with Crippen LogP contribution in [0.3, 0.4) is 0 Å². The van der Waals surface area contributed by atoms with Crippen molar-refractivity contribution in [3.8, 4) is 0 Å². The first-order valence-corrected chi connectivity index (χ1v) is 6.10. The Hall–Kier alpha value is -0.390. The van der Waals surface area contributed by atoms with E-state index >= 15 is 0 Å². The lowest BCUT2D eigenvalue weighted by molar-refractivity contribution is 0.531. The average molecular weight is 182 g/mol. The van der Waals surface area contributed by atoms with Gasteiger partial charge in [-0.1, -0.05) is 12.7 Å². The molecule has 66 valence electrons. The number of hydrogen-bond donors (Lipinski definition) is 1. The van der Waals surface area contributed by atoms with Gasteiger partial charge in [0, 0.05) is 0 Å². The molecule has 2 heteroatoms. The van der Waals surface area contributed by atoms with E-state index in [1.54, 1.807) is 0 Å². The zero-order chi connectivity index (χ0) is 9.19. The standard InChI is InChI=1S/C10H17NP/c1-5-6-7-10(11-3)8-12(4)9(10)2/h5,8,11H,1-2,6-7H2,3-4H3/q+1. The van der Waals surface area contributed by atoms with Crippen LogP contribution in [-0.2, 0) is 0 Å². The first kappa shape index (κ1) is 9.70. The molecule has 0 aromatic rings. The summed E-state index contributed by atoms with van der Waals surface area (Å²) in [7, 11) is 2.00. The zero-order valence-electron chi connectivity index (χ0n) is 7.93. The van der Waals surface area contributed by atoms with Crippen molar-refractivity contribution in [1.29, 1.82) is 0 Å². The number of hydrogen-bond acceptors (Lipinski definition) is 1. The molecule has 1 nitrogen and oxygen atoms in total. The molecule has 1 aliphatic heterocycles. The summed E-state index contributed by atoms with van der Waals surface area (Å²) in [4.78, 5) is 0. The zero-order valence-corrected chi connectivity index (χ0v) is 8.82. The monoisotopic (exact) mass is 182 g/mol. The lowest BCUT2D eigenvalue weighted by Gasteiger charge is -2.32. The van der Waals surface area contributed by atoms with Crippen LogP contribution in [0.1, 0.15) is 12.8 Å². The molecule has 1 aliphatic rings. The molecule has 0 amide bonds. The summed E-state index contributed by atoms with van der Waals surface area (Å²) >= 11 is 0. The van der Waals surface area contributed by atoms with Crippen LogP contribution in [0, 0.1) is 0 Å². The van der Waals surface area contributed by atoms with Crippen molar-refractivity contribution in [2.75, 3.05) is 13.7 Å². The van der Waals surface area contributed by atoms with Crippen LogP contribution in [0.25, 0.3) is 0 Å². The normalized spacial score (nSPS) is 30.8. The Bertz CT molecular complexity index is 242. The Morgan fingerprint density at radius 2 is 2.42 bits per heavy atom. The molecule has 0 aliphatic carbocycles. The molecule has 2 atom stereocenters. The highest BCUT2D eigenvalue weighted by atomic mass is 31.1. The number of nitrogens with one attached hydrogen (secondary N) is 1. The smallest absolute Gasteiger partial charge is 0.145 e. The van der Waals surface area contributed by atoms with Gasteiger partial charge >= 0.3 is 0 Å². The van der Waals surface area contributed by atoms with Gasteiger partial charge < -0.3 is 5.32 Å². The van der Waals surface area contributed by atoms with Gasteiger partial charge in [0.05, 0.1) is 0 Å². The van der Waals surface area contributed by atoms with Gasteiger partial charge in [0.2, 0.25) is 0 Å². The van der Waals surface area contributed by atoms with Crippen molar-refractivity contribution in [2.45, 2.75) is 18.4 Å². The highest BCUT2D eigenvalue weighted by Crippen LogP contribution is 2.48. The van der Waals surface area contributed by atoms with E-state index in [-0.39, 0.29) is 13.1 Å². The highest BCUT2D eigenvalue weighted by molar-refractivity contribution is 7.64. The van der Waals surface area contributed by atoms with Gasteiger partial charge in [-0.05, 0) is 19.9 Å². The summed E-state index contributed by atoms with van der Waals surface area (Å²) in [6, 6.07) is 0. The second-order valence-electron chi connectivity index (χ2n) is 3.24. The van der Waals surface area contributed by atoms with Crippen LogP contribution in [0.4, 0.5) is 0 Å². The fourth-order valence-electron chi connectivity index (χ4n) is 1.60. The van der Waals surface area contributed by atoms with E-state index in [0.717, 1.165) is 12.8 Å². The van der Waals surface area contributed by atoms with Crippen molar-refractivity contribution in [3.05, 3.63) is 24.5 Å². The molecule has 1 heterocycles. The van der Waals surface area contributed by atoms with Crippen molar-refractivity contribution < 1.29 is 0 Å². The maximum Gasteiger partial charge on any atom is 0.145 e. The lowest BCUT2D eigenvalue weighted by Crippen LogP contribution is -2.49. The molecule has 2 unspecified atom stereocenters. The molecular formula is C10H17NP+. The van der Waals surface area contributed by atoms with Crippen molar-refractivity contribution in [2.24, 2.45) is 0 Å². The summed E-state index contributed by atoms with van der Waals surface area (Å²) < 4.78 is 0. The maximum absolute atomic E-state index is 4.12. The average Bonchev–Trinajstić information content (AvgIpc) is 2.11. The van der Waals surface area contributed by atoms with Crippen LogP contribution in [0.2, 0.25) is 0 Å². The highest BCUT2D eigenvalue weighted by Gasteiger charge is 2.46. The number of allylic oxidation sites excluding steroid dienone is 1. The van der Waals surface area contributed by atoms with Crippen molar-refractivity contribution >= 4 is 13.3 Å². The van der Waals surface area contributed by atoms with E-state index in [1.807, 2.05) is 13.1 Å². The van der Waals surface area contributed by atoms with E-state index in [2.05, 4.69) is 30.9 Å². The summed E-state index contributed by atoms with van der Waals surface area (Å²) in [5.41, 5.74) is 0.134. The second kappa shape index (κ2) is 3.55. The van der Waals surface area contributed by atoms with Crippen LogP contribution in [-0.4, -0.2) is 25.0 Å². The Morgan fingerprint density at radius 3 is 2.75 bits per heavy atom. The molecule has 1 N–H and O–H groups in total. The fraction of sp³-hybridized carbons (Fsp3) is 0.500. The minimum Gasteiger partial charge on any atom is -0.301 e. The predicted molar refractivity (Wildman–Crippen MR) is 59.3 cm³/mol. The molecule has 0 aromatic carbocycles. The fourth-order valence-corrected chi connectivity index (χ4v) is 3.55. The van der Waals surface area contributed by atoms with Crippen LogP contribution in [0.15, 0.2) is 24.5 Å². The molecule has 0 aromatic heterocycles. The van der Waals surface area contributed by atoms with Gasteiger partial charge in [0.1, 0.15) is 30.9 Å². The van der Waals surface area contributed by atoms with Crippen LogP contribution < -0.4 is 5.32 Å². The maximum atomic E-state index is 4.12. The third-order valence-corrected chi connectivity index (χ3v) is 4.62. The van der Waals surface area contributed by atoms with Crippen molar-refractivity contribution in [1.82, 2.24) is 5.32 Å². The number of rotatable bonds is 4. The molecular weight excluding hydrogens is 165 g/mol. The van der Waals surface area contributed by atoms with Gasteiger partial charge in [-0.3, -0.25) is 0 Å². The van der Waals surface area contributed by atoms with Gasteiger partial charge in [-0.15, -0.1) is 6.58 Å². The van der Waals surface area contributed by atoms with Gasteiger partial charge in [-0.2, -0.15) is 0 Å². The molecule has 0 bridgehead atoms. The van der Waals surface area contributed by atoms with E-state index in [0.29, 0.717) is 0 Å². The first-order chi connectivity index (χ1) is 5.66. The molecule has 1 rings (SSSR count). The van der Waals surface area contributed by atoms with E-state index in [1.165, 1.54) is 5.31 Å². The topological polar surface area (TPSA) is 12.0 Å². The number of likely N-dealkylation sites (N-methyl/N-ethyl adjacent to an activating group) is 1. The second-order valence-corrected chi connectivity index (χ2v) is 5.26. The summed E-state index contributed by atoms with van der Waals surface area (Å²) in [5.74, 6) is 2.40. The molecule has 12 heavy (non-hydrogen) atoms. The summed E-state index contributed by atoms with van der Waals surface area (Å²) in [6.07, 6.45) is 4.13. The SMILES string of the molecule is C=CCCC1(NC)C=[P+](C)C1=C. The minimum absolute atomic E-state index is 0.00542. The van der Waals surface area contributed by atoms with E-state index < -0.39 is 0 Å². The summed E-state index contributed by atoms with van der Waals surface area (Å²) in [6.45, 7) is 10.1. The molecule has 0 saturated heterocycles. The Morgan fingerprint density at radius 1 is 1.75 bits per heavy atom. The van der Waals surface area contributed by atoms with Gasteiger partial charge in [0.25, 0.3) is 0 Å². The Kier molecular flexibility index (Phi) is 2.87. The molecule has 0 saturated carbocycles. The van der Waals surface area contributed by atoms with Crippen LogP contribution in [0.5, 0.6) is 0 Å². The molecule has 0 spiro atoms. The van der Waals surface area contributed by atoms with E-state index in [9.17, 15) is 0 Å². The quantitative estimate of drug-likeness (QED) is 0.520. The minimum atomic E-state index is -0.00542. The van der Waals surface area contributed by atoms with E-state index in [4.69, 9.17) is 0 Å². The van der Waals surface area contributed by atoms with Crippen LogP contribution >= 0.6 is 7.55 Å². The van der Waals surface area contributed by atoms with Gasteiger partial charge in [-0.25, -0.2) is 0 Å². The third-order valence-electron chi connectivity index (χ3n) is 2.54.